The molecule has 1 amide bonds. The predicted octanol–water partition coefficient (Wildman–Crippen LogP) is 2.80. The van der Waals surface area contributed by atoms with Crippen molar-refractivity contribution in [1.29, 1.82) is 0 Å². The molecule has 1 saturated heterocycles. The predicted molar refractivity (Wildman–Crippen MR) is 88.9 cm³/mol. The number of carbonyl (C=O) groups is 1. The third kappa shape index (κ3) is 4.53. The summed E-state index contributed by atoms with van der Waals surface area (Å²) in [5, 5.41) is 5.96. The number of hydrogen-bond acceptors (Lipinski definition) is 5. The molecule has 0 bridgehead atoms. The van der Waals surface area contributed by atoms with E-state index in [1.54, 1.807) is 23.5 Å². The molecule has 1 fully saturated rings. The van der Waals surface area contributed by atoms with Crippen molar-refractivity contribution in [2.45, 2.75) is 20.0 Å². The Morgan fingerprint density at radius 1 is 1.52 bits per heavy atom. The summed E-state index contributed by atoms with van der Waals surface area (Å²) in [6.07, 6.45) is 1.01. The van der Waals surface area contributed by atoms with E-state index in [0.29, 0.717) is 30.4 Å². The van der Waals surface area contributed by atoms with Crippen LogP contribution < -0.4 is 10.1 Å². The van der Waals surface area contributed by atoms with Crippen LogP contribution in [0.4, 0.5) is 0 Å². The third-order valence-corrected chi connectivity index (χ3v) is 4.55. The quantitative estimate of drug-likeness (QED) is 0.884. The van der Waals surface area contributed by atoms with E-state index in [-0.39, 0.29) is 5.91 Å². The Morgan fingerprint density at radius 3 is 3.17 bits per heavy atom. The molecule has 0 radical (unpaired) electrons. The minimum Gasteiger partial charge on any atom is -0.487 e. The maximum atomic E-state index is 12.2. The van der Waals surface area contributed by atoms with Crippen LogP contribution in [0.15, 0.2) is 29.6 Å². The molecular formula is C17H20N2O3S. The molecule has 1 aromatic carbocycles. The van der Waals surface area contributed by atoms with Gasteiger partial charge < -0.3 is 14.8 Å². The van der Waals surface area contributed by atoms with Crippen molar-refractivity contribution in [3.05, 3.63) is 45.9 Å². The van der Waals surface area contributed by atoms with Gasteiger partial charge in [0.2, 0.25) is 0 Å². The molecule has 122 valence electrons. The summed E-state index contributed by atoms with van der Waals surface area (Å²) < 4.78 is 11.0. The van der Waals surface area contributed by atoms with E-state index in [0.717, 1.165) is 30.3 Å². The Morgan fingerprint density at radius 2 is 2.43 bits per heavy atom. The van der Waals surface area contributed by atoms with Gasteiger partial charge in [-0.15, -0.1) is 11.3 Å². The first-order valence-corrected chi connectivity index (χ1v) is 8.58. The highest BCUT2D eigenvalue weighted by molar-refractivity contribution is 7.09. The van der Waals surface area contributed by atoms with E-state index in [9.17, 15) is 4.79 Å². The number of aromatic nitrogens is 1. The fourth-order valence-corrected chi connectivity index (χ4v) is 3.04. The van der Waals surface area contributed by atoms with Gasteiger partial charge in [0.25, 0.3) is 5.91 Å². The van der Waals surface area contributed by atoms with E-state index < -0.39 is 0 Å². The van der Waals surface area contributed by atoms with Gasteiger partial charge >= 0.3 is 0 Å². The number of hydrogen-bond donors (Lipinski definition) is 1. The third-order valence-electron chi connectivity index (χ3n) is 3.72. The van der Waals surface area contributed by atoms with Gasteiger partial charge in [-0.2, -0.15) is 0 Å². The van der Waals surface area contributed by atoms with E-state index in [2.05, 4.69) is 10.3 Å². The molecular weight excluding hydrogens is 312 g/mol. The number of ether oxygens (including phenoxy) is 2. The smallest absolute Gasteiger partial charge is 0.251 e. The SMILES string of the molecule is Cc1nc(COc2cccc(C(=O)NCC3CCOC3)c2)cs1. The van der Waals surface area contributed by atoms with Crippen LogP contribution in [-0.2, 0) is 11.3 Å². The van der Waals surface area contributed by atoms with Crippen LogP contribution in [0.2, 0.25) is 0 Å². The van der Waals surface area contributed by atoms with Gasteiger partial charge in [0.15, 0.2) is 0 Å². The highest BCUT2D eigenvalue weighted by Gasteiger charge is 2.17. The molecule has 1 atom stereocenters. The van der Waals surface area contributed by atoms with E-state index >= 15 is 0 Å². The molecule has 1 aliphatic heterocycles. The molecule has 6 heteroatoms. The molecule has 1 N–H and O–H groups in total. The monoisotopic (exact) mass is 332 g/mol. The molecule has 1 aromatic heterocycles. The standard InChI is InChI=1S/C17H20N2O3S/c1-12-19-15(11-23-12)10-22-16-4-2-3-14(7-16)17(20)18-8-13-5-6-21-9-13/h2-4,7,11,13H,5-6,8-10H2,1H3,(H,18,20). The average molecular weight is 332 g/mol. The molecule has 5 nitrogen and oxygen atoms in total. The van der Waals surface area contributed by atoms with Gasteiger partial charge in [0, 0.05) is 30.0 Å². The van der Waals surface area contributed by atoms with Crippen LogP contribution >= 0.6 is 11.3 Å². The Hall–Kier alpha value is -1.92. The second kappa shape index (κ2) is 7.57. The molecule has 0 aliphatic carbocycles. The number of amides is 1. The van der Waals surface area contributed by atoms with Crippen LogP contribution in [0.5, 0.6) is 5.75 Å². The molecule has 23 heavy (non-hydrogen) atoms. The zero-order valence-electron chi connectivity index (χ0n) is 13.1. The summed E-state index contributed by atoms with van der Waals surface area (Å²) in [6.45, 7) is 4.56. The molecule has 0 saturated carbocycles. The normalized spacial score (nSPS) is 17.2. The van der Waals surface area contributed by atoms with Crippen LogP contribution in [0.1, 0.15) is 27.5 Å². The number of nitrogens with zero attached hydrogens (tertiary/aromatic N) is 1. The van der Waals surface area contributed by atoms with Crippen LogP contribution in [-0.4, -0.2) is 30.6 Å². The Balaban J connectivity index is 1.54. The highest BCUT2D eigenvalue weighted by Crippen LogP contribution is 2.17. The summed E-state index contributed by atoms with van der Waals surface area (Å²) >= 11 is 1.60. The van der Waals surface area contributed by atoms with E-state index in [1.165, 1.54) is 0 Å². The molecule has 2 aromatic rings. The van der Waals surface area contributed by atoms with E-state index in [1.807, 2.05) is 24.4 Å². The van der Waals surface area contributed by atoms with Gasteiger partial charge in [-0.05, 0) is 31.5 Å². The number of nitrogens with one attached hydrogen (secondary N) is 1. The lowest BCUT2D eigenvalue weighted by Crippen LogP contribution is -2.29. The van der Waals surface area contributed by atoms with Crippen LogP contribution in [0.3, 0.4) is 0 Å². The number of benzene rings is 1. The summed E-state index contributed by atoms with van der Waals surface area (Å²) in [4.78, 5) is 16.6. The van der Waals surface area contributed by atoms with Crippen molar-refractivity contribution in [1.82, 2.24) is 10.3 Å². The number of carbonyl (C=O) groups excluding carboxylic acids is 1. The first-order valence-electron chi connectivity index (χ1n) is 7.70. The fraction of sp³-hybridized carbons (Fsp3) is 0.412. The fourth-order valence-electron chi connectivity index (χ4n) is 2.44. The van der Waals surface area contributed by atoms with Crippen molar-refractivity contribution >= 4 is 17.2 Å². The lowest BCUT2D eigenvalue weighted by atomic mass is 10.1. The minimum atomic E-state index is -0.0770. The second-order valence-electron chi connectivity index (χ2n) is 5.61. The Kier molecular flexibility index (Phi) is 5.25. The molecule has 2 heterocycles. The maximum absolute atomic E-state index is 12.2. The van der Waals surface area contributed by atoms with E-state index in [4.69, 9.17) is 9.47 Å². The number of aryl methyl sites for hydroxylation is 1. The Bertz CT molecular complexity index is 665. The average Bonchev–Trinajstić information content (AvgIpc) is 3.22. The van der Waals surface area contributed by atoms with Crippen molar-refractivity contribution in [3.63, 3.8) is 0 Å². The van der Waals surface area contributed by atoms with Gasteiger partial charge in [0.05, 0.1) is 17.3 Å². The van der Waals surface area contributed by atoms with Crippen molar-refractivity contribution in [2.24, 2.45) is 5.92 Å². The molecule has 1 aliphatic rings. The molecule has 1 unspecified atom stereocenters. The zero-order chi connectivity index (χ0) is 16.1. The molecule has 0 spiro atoms. The van der Waals surface area contributed by atoms with Crippen molar-refractivity contribution < 1.29 is 14.3 Å². The van der Waals surface area contributed by atoms with Crippen LogP contribution in [0, 0.1) is 12.8 Å². The second-order valence-corrected chi connectivity index (χ2v) is 6.68. The number of rotatable bonds is 6. The maximum Gasteiger partial charge on any atom is 0.251 e. The van der Waals surface area contributed by atoms with Gasteiger partial charge in [-0.1, -0.05) is 6.07 Å². The Labute approximate surface area is 139 Å². The summed E-state index contributed by atoms with van der Waals surface area (Å²) in [6, 6.07) is 7.23. The summed E-state index contributed by atoms with van der Waals surface area (Å²) in [5.74, 6) is 1.02. The van der Waals surface area contributed by atoms with Gasteiger partial charge in [0.1, 0.15) is 12.4 Å². The largest absolute Gasteiger partial charge is 0.487 e. The summed E-state index contributed by atoms with van der Waals surface area (Å²) in [7, 11) is 0. The zero-order valence-corrected chi connectivity index (χ0v) is 13.9. The highest BCUT2D eigenvalue weighted by atomic mass is 32.1. The summed E-state index contributed by atoms with van der Waals surface area (Å²) in [5.41, 5.74) is 1.51. The van der Waals surface area contributed by atoms with Gasteiger partial charge in [-0.3, -0.25) is 4.79 Å². The first kappa shape index (κ1) is 16.0. The lowest BCUT2D eigenvalue weighted by Gasteiger charge is -2.10. The lowest BCUT2D eigenvalue weighted by molar-refractivity contribution is 0.0944. The topological polar surface area (TPSA) is 60.5 Å². The van der Waals surface area contributed by atoms with Crippen molar-refractivity contribution in [2.75, 3.05) is 19.8 Å². The van der Waals surface area contributed by atoms with Gasteiger partial charge in [-0.25, -0.2) is 4.98 Å². The van der Waals surface area contributed by atoms with Crippen molar-refractivity contribution in [3.8, 4) is 5.75 Å². The first-order chi connectivity index (χ1) is 11.2. The van der Waals surface area contributed by atoms with Crippen LogP contribution in [0.25, 0.3) is 0 Å². The minimum absolute atomic E-state index is 0.0770. The molecule has 3 rings (SSSR count). The number of thiazole rings is 1.